The van der Waals surface area contributed by atoms with Crippen LogP contribution in [0.1, 0.15) is 23.1 Å². The maximum Gasteiger partial charge on any atom is 0.396 e. The number of fused-ring (bicyclic) bond motifs is 1. The van der Waals surface area contributed by atoms with Crippen LogP contribution in [0.4, 0.5) is 23.7 Å². The molecule has 1 N–H and O–H groups in total. The van der Waals surface area contributed by atoms with Crippen molar-refractivity contribution in [1.29, 1.82) is 0 Å². The van der Waals surface area contributed by atoms with Gasteiger partial charge in [0.05, 0.1) is 13.7 Å². The molecule has 3 amide bonds. The van der Waals surface area contributed by atoms with Crippen molar-refractivity contribution in [1.82, 2.24) is 9.80 Å². The summed E-state index contributed by atoms with van der Waals surface area (Å²) in [6.07, 6.45) is 2.41. The van der Waals surface area contributed by atoms with Gasteiger partial charge in [-0.05, 0) is 41.3 Å². The van der Waals surface area contributed by atoms with Crippen molar-refractivity contribution >= 4 is 29.2 Å². The standard InChI is InChI=1S/C23H20F3N3O4/c1-33-22(31)21(30)28-8-6-14(7-9-28)13-2-4-16(5-3-13)27-23(32)29-11-15-10-18(24)20(26)19(25)17(15)12-29/h2-6,10H,7-9,11-12H2,1H3,(H,27,32). The van der Waals surface area contributed by atoms with E-state index in [4.69, 9.17) is 0 Å². The van der Waals surface area contributed by atoms with Gasteiger partial charge in [-0.1, -0.05) is 18.2 Å². The topological polar surface area (TPSA) is 79.0 Å². The molecule has 0 spiro atoms. The molecule has 0 unspecified atom stereocenters. The van der Waals surface area contributed by atoms with E-state index >= 15 is 0 Å². The molecule has 0 saturated heterocycles. The molecule has 2 aromatic rings. The van der Waals surface area contributed by atoms with E-state index in [1.54, 1.807) is 12.1 Å². The Hall–Kier alpha value is -3.82. The molecule has 0 fully saturated rings. The number of benzene rings is 2. The van der Waals surface area contributed by atoms with Crippen molar-refractivity contribution in [3.05, 3.63) is 70.5 Å². The number of carbonyl (C=O) groups excluding carboxylic acids is 3. The van der Waals surface area contributed by atoms with Gasteiger partial charge >= 0.3 is 17.9 Å². The molecule has 2 aliphatic heterocycles. The van der Waals surface area contributed by atoms with Gasteiger partial charge in [0.25, 0.3) is 0 Å². The van der Waals surface area contributed by atoms with Crippen LogP contribution in [0.2, 0.25) is 0 Å². The van der Waals surface area contributed by atoms with Crippen LogP contribution in [0.3, 0.4) is 0 Å². The van der Waals surface area contributed by atoms with Gasteiger partial charge in [-0.15, -0.1) is 0 Å². The average molecular weight is 459 g/mol. The third-order valence-corrected chi connectivity index (χ3v) is 5.72. The first-order valence-electron chi connectivity index (χ1n) is 10.2. The van der Waals surface area contributed by atoms with E-state index in [0.29, 0.717) is 18.7 Å². The molecule has 7 nitrogen and oxygen atoms in total. The lowest BCUT2D eigenvalue weighted by atomic mass is 9.99. The largest absolute Gasteiger partial charge is 0.462 e. The zero-order valence-electron chi connectivity index (χ0n) is 17.7. The van der Waals surface area contributed by atoms with Crippen LogP contribution in [0.25, 0.3) is 5.57 Å². The number of urea groups is 1. The Bertz CT molecular complexity index is 1160. The van der Waals surface area contributed by atoms with Gasteiger partial charge in [-0.25, -0.2) is 22.8 Å². The number of amides is 3. The van der Waals surface area contributed by atoms with Gasteiger partial charge in [0, 0.05) is 30.9 Å². The van der Waals surface area contributed by atoms with Crippen LogP contribution in [-0.2, 0) is 27.4 Å². The predicted molar refractivity (Wildman–Crippen MR) is 112 cm³/mol. The first-order chi connectivity index (χ1) is 15.8. The minimum absolute atomic E-state index is 0.0247. The summed E-state index contributed by atoms with van der Waals surface area (Å²) in [6.45, 7) is 0.484. The minimum Gasteiger partial charge on any atom is -0.462 e. The number of nitrogens with one attached hydrogen (secondary N) is 1. The molecule has 0 aromatic heterocycles. The molecule has 2 heterocycles. The van der Waals surface area contributed by atoms with E-state index in [1.807, 2.05) is 18.2 Å². The zero-order chi connectivity index (χ0) is 23.7. The lowest BCUT2D eigenvalue weighted by Crippen LogP contribution is -2.39. The highest BCUT2D eigenvalue weighted by atomic mass is 19.2. The number of ether oxygens (including phenoxy) is 1. The number of hydrogen-bond donors (Lipinski definition) is 1. The number of anilines is 1. The van der Waals surface area contributed by atoms with Crippen LogP contribution >= 0.6 is 0 Å². The van der Waals surface area contributed by atoms with Crippen molar-refractivity contribution in [2.45, 2.75) is 19.5 Å². The predicted octanol–water partition coefficient (Wildman–Crippen LogP) is 3.44. The quantitative estimate of drug-likeness (QED) is 0.424. The number of carbonyl (C=O) groups is 3. The molecular weight excluding hydrogens is 439 g/mol. The molecular formula is C23H20F3N3O4. The Morgan fingerprint density at radius 3 is 2.36 bits per heavy atom. The lowest BCUT2D eigenvalue weighted by molar-refractivity contribution is -0.157. The fourth-order valence-electron chi connectivity index (χ4n) is 3.89. The van der Waals surface area contributed by atoms with Crippen LogP contribution in [-0.4, -0.2) is 47.9 Å². The van der Waals surface area contributed by atoms with E-state index in [-0.39, 0.29) is 30.8 Å². The van der Waals surface area contributed by atoms with Crippen molar-refractivity contribution in [2.24, 2.45) is 0 Å². The van der Waals surface area contributed by atoms with Gasteiger partial charge < -0.3 is 19.9 Å². The van der Waals surface area contributed by atoms with Gasteiger partial charge in [0.15, 0.2) is 17.5 Å². The molecule has 0 radical (unpaired) electrons. The lowest BCUT2D eigenvalue weighted by Gasteiger charge is -2.25. The first kappa shape index (κ1) is 22.4. The number of halogens is 3. The van der Waals surface area contributed by atoms with E-state index in [1.165, 1.54) is 9.80 Å². The molecule has 33 heavy (non-hydrogen) atoms. The summed E-state index contributed by atoms with van der Waals surface area (Å²) in [6, 6.07) is 7.40. The summed E-state index contributed by atoms with van der Waals surface area (Å²) < 4.78 is 45.3. The Morgan fingerprint density at radius 1 is 1.00 bits per heavy atom. The monoisotopic (exact) mass is 459 g/mol. The molecule has 0 aliphatic carbocycles. The van der Waals surface area contributed by atoms with Crippen LogP contribution in [0.15, 0.2) is 36.4 Å². The second kappa shape index (κ2) is 8.97. The Labute approximate surface area is 187 Å². The Kier molecular flexibility index (Phi) is 6.08. The third-order valence-electron chi connectivity index (χ3n) is 5.72. The summed E-state index contributed by atoms with van der Waals surface area (Å²) in [7, 11) is 1.16. The third kappa shape index (κ3) is 4.41. The van der Waals surface area contributed by atoms with Gasteiger partial charge in [0.2, 0.25) is 0 Å². The summed E-state index contributed by atoms with van der Waals surface area (Å²) in [5.74, 6) is -5.66. The molecule has 0 bridgehead atoms. The average Bonchev–Trinajstić information content (AvgIpc) is 3.26. The second-order valence-corrected chi connectivity index (χ2v) is 7.71. The number of esters is 1. The van der Waals surface area contributed by atoms with E-state index in [2.05, 4.69) is 10.1 Å². The Morgan fingerprint density at radius 2 is 1.73 bits per heavy atom. The minimum atomic E-state index is -1.54. The highest BCUT2D eigenvalue weighted by Gasteiger charge is 2.29. The number of rotatable bonds is 2. The van der Waals surface area contributed by atoms with Gasteiger partial charge in [-0.3, -0.25) is 4.79 Å². The van der Waals surface area contributed by atoms with Gasteiger partial charge in [0.1, 0.15) is 0 Å². The maximum absolute atomic E-state index is 14.0. The molecule has 0 saturated carbocycles. The fourth-order valence-corrected chi connectivity index (χ4v) is 3.89. The summed E-state index contributed by atoms with van der Waals surface area (Å²) in [5, 5.41) is 2.69. The highest BCUT2D eigenvalue weighted by Crippen LogP contribution is 2.29. The molecule has 2 aromatic carbocycles. The number of hydrogen-bond acceptors (Lipinski definition) is 4. The zero-order valence-corrected chi connectivity index (χ0v) is 17.7. The normalized spacial score (nSPS) is 15.1. The van der Waals surface area contributed by atoms with Crippen LogP contribution < -0.4 is 5.32 Å². The molecule has 10 heteroatoms. The molecule has 172 valence electrons. The molecule has 4 rings (SSSR count). The second-order valence-electron chi connectivity index (χ2n) is 7.71. The van der Waals surface area contributed by atoms with Crippen LogP contribution in [0, 0.1) is 17.5 Å². The van der Waals surface area contributed by atoms with Crippen LogP contribution in [0.5, 0.6) is 0 Å². The van der Waals surface area contributed by atoms with Gasteiger partial charge in [-0.2, -0.15) is 0 Å². The maximum atomic E-state index is 14.0. The molecule has 2 aliphatic rings. The van der Waals surface area contributed by atoms with Crippen molar-refractivity contribution < 1.29 is 32.3 Å². The van der Waals surface area contributed by atoms with E-state index in [0.717, 1.165) is 24.3 Å². The molecule has 0 atom stereocenters. The SMILES string of the molecule is COC(=O)C(=O)N1CC=C(c2ccc(NC(=O)N3Cc4cc(F)c(F)c(F)c4C3)cc2)CC1. The smallest absolute Gasteiger partial charge is 0.396 e. The fraction of sp³-hybridized carbons (Fsp3) is 0.261. The number of nitrogens with zero attached hydrogens (tertiary/aromatic N) is 2. The summed E-state index contributed by atoms with van der Waals surface area (Å²) in [4.78, 5) is 38.5. The van der Waals surface area contributed by atoms with Crippen molar-refractivity contribution in [3.8, 4) is 0 Å². The summed E-state index contributed by atoms with van der Waals surface area (Å²) in [5.41, 5.74) is 2.61. The highest BCUT2D eigenvalue weighted by molar-refractivity contribution is 6.32. The summed E-state index contributed by atoms with van der Waals surface area (Å²) >= 11 is 0. The van der Waals surface area contributed by atoms with Crippen molar-refractivity contribution in [2.75, 3.05) is 25.5 Å². The first-order valence-corrected chi connectivity index (χ1v) is 10.2. The van der Waals surface area contributed by atoms with E-state index in [9.17, 15) is 27.6 Å². The van der Waals surface area contributed by atoms with Crippen molar-refractivity contribution in [3.63, 3.8) is 0 Å². The Balaban J connectivity index is 1.37. The van der Waals surface area contributed by atoms with E-state index < -0.39 is 35.4 Å². The number of methoxy groups -OCH3 is 1.